The second-order valence-electron chi connectivity index (χ2n) is 5.66. The van der Waals surface area contributed by atoms with E-state index < -0.39 is 18.1 Å². The van der Waals surface area contributed by atoms with Crippen LogP contribution in [0.5, 0.6) is 0 Å². The zero-order chi connectivity index (χ0) is 17.0. The number of aliphatic hydroxyl groups is 1. The van der Waals surface area contributed by atoms with Gasteiger partial charge in [0.2, 0.25) is 5.91 Å². The third-order valence-corrected chi connectivity index (χ3v) is 3.66. The molecule has 2 aromatic heterocycles. The quantitative estimate of drug-likeness (QED) is 0.686. The number of aromatic nitrogens is 2. The second-order valence-corrected chi connectivity index (χ2v) is 5.66. The summed E-state index contributed by atoms with van der Waals surface area (Å²) in [5, 5.41) is 12.1. The average Bonchev–Trinajstić information content (AvgIpc) is 2.54. The highest BCUT2D eigenvalue weighted by Gasteiger charge is 2.21. The fraction of sp³-hybridized carbons (Fsp3) is 0.353. The van der Waals surface area contributed by atoms with Gasteiger partial charge in [-0.3, -0.25) is 14.8 Å². The first-order valence-electron chi connectivity index (χ1n) is 7.51. The zero-order valence-corrected chi connectivity index (χ0v) is 17.2. The number of aryl methyl sites for hydroxylation is 1. The number of hydrogen-bond donors (Lipinski definition) is 3. The van der Waals surface area contributed by atoms with Gasteiger partial charge in [-0.1, -0.05) is 12.1 Å². The number of aliphatic hydroxyl groups excluding tert-OH is 1. The van der Waals surface area contributed by atoms with Crippen molar-refractivity contribution in [3.05, 3.63) is 48.0 Å². The second kappa shape index (κ2) is 12.0. The topological polar surface area (TPSA) is 101 Å². The van der Waals surface area contributed by atoms with Gasteiger partial charge in [-0.25, -0.2) is 0 Å². The number of nitrogens with zero attached hydrogens (tertiary/aromatic N) is 2. The summed E-state index contributed by atoms with van der Waals surface area (Å²) >= 11 is 0. The van der Waals surface area contributed by atoms with Crippen molar-refractivity contribution in [1.82, 2.24) is 15.3 Å². The molecule has 4 N–H and O–H groups in total. The number of pyridine rings is 2. The van der Waals surface area contributed by atoms with Crippen LogP contribution in [0.2, 0.25) is 0 Å². The molecule has 1 amide bonds. The van der Waals surface area contributed by atoms with Crippen LogP contribution in [0, 0.1) is 6.92 Å². The third-order valence-electron chi connectivity index (χ3n) is 3.66. The van der Waals surface area contributed by atoms with E-state index in [-0.39, 0.29) is 43.3 Å². The van der Waals surface area contributed by atoms with E-state index in [4.69, 9.17) is 5.73 Å². The Balaban J connectivity index is 0. The molecule has 3 atom stereocenters. The summed E-state index contributed by atoms with van der Waals surface area (Å²) in [6, 6.07) is 6.49. The smallest absolute Gasteiger partial charge is 0.240 e. The van der Waals surface area contributed by atoms with E-state index in [0.29, 0.717) is 0 Å². The molecule has 2 rings (SSSR count). The minimum atomic E-state index is -0.949. The molecule has 6 nitrogen and oxygen atoms in total. The van der Waals surface area contributed by atoms with Gasteiger partial charge in [0.05, 0.1) is 17.8 Å². The Bertz CT molecular complexity index is 667. The SMILES string of the molecule is Cc1ccc(-c2ccc([C@@H](C)NC(=O)[C@@H](N)[C@@H](C)O)nc2)cn1.Cl.Cl.Cl. The molecule has 2 aromatic rings. The van der Waals surface area contributed by atoms with Crippen LogP contribution in [0.1, 0.15) is 31.3 Å². The fourth-order valence-electron chi connectivity index (χ4n) is 2.07. The van der Waals surface area contributed by atoms with E-state index in [9.17, 15) is 9.90 Å². The van der Waals surface area contributed by atoms with Crippen LogP contribution in [-0.2, 0) is 4.79 Å². The maximum Gasteiger partial charge on any atom is 0.240 e. The van der Waals surface area contributed by atoms with Gasteiger partial charge in [-0.15, -0.1) is 37.2 Å². The largest absolute Gasteiger partial charge is 0.391 e. The highest BCUT2D eigenvalue weighted by Crippen LogP contribution is 2.19. The molecule has 0 aliphatic carbocycles. The van der Waals surface area contributed by atoms with Crippen LogP contribution in [0.4, 0.5) is 0 Å². The maximum absolute atomic E-state index is 11.9. The van der Waals surface area contributed by atoms with Crippen molar-refractivity contribution < 1.29 is 9.90 Å². The lowest BCUT2D eigenvalue weighted by Crippen LogP contribution is -2.47. The van der Waals surface area contributed by atoms with Crippen molar-refractivity contribution in [1.29, 1.82) is 0 Å². The van der Waals surface area contributed by atoms with Gasteiger partial charge in [0.15, 0.2) is 0 Å². The van der Waals surface area contributed by atoms with Crippen molar-refractivity contribution in [3.63, 3.8) is 0 Å². The first-order valence-corrected chi connectivity index (χ1v) is 7.51. The van der Waals surface area contributed by atoms with Gasteiger partial charge >= 0.3 is 0 Å². The van der Waals surface area contributed by atoms with Gasteiger partial charge in [0.25, 0.3) is 0 Å². The molecule has 0 aromatic carbocycles. The highest BCUT2D eigenvalue weighted by atomic mass is 35.5. The number of nitrogens with one attached hydrogen (secondary N) is 1. The average molecular weight is 424 g/mol. The molecule has 0 unspecified atom stereocenters. The molecule has 26 heavy (non-hydrogen) atoms. The van der Waals surface area contributed by atoms with Gasteiger partial charge in [-0.05, 0) is 32.9 Å². The summed E-state index contributed by atoms with van der Waals surface area (Å²) in [6.07, 6.45) is 2.66. The summed E-state index contributed by atoms with van der Waals surface area (Å²) in [7, 11) is 0. The minimum absolute atomic E-state index is 0. The van der Waals surface area contributed by atoms with E-state index in [1.807, 2.05) is 38.1 Å². The molecule has 0 aliphatic rings. The number of rotatable bonds is 5. The minimum Gasteiger partial charge on any atom is -0.391 e. The van der Waals surface area contributed by atoms with E-state index in [1.54, 1.807) is 12.4 Å². The lowest BCUT2D eigenvalue weighted by atomic mass is 10.1. The number of hydrogen-bond acceptors (Lipinski definition) is 5. The van der Waals surface area contributed by atoms with Crippen LogP contribution >= 0.6 is 37.2 Å². The van der Waals surface area contributed by atoms with Crippen LogP contribution in [0.15, 0.2) is 36.7 Å². The standard InChI is InChI=1S/C17H22N4O2.3ClH/c1-10-4-5-13(8-19-10)14-6-7-15(20-9-14)11(2)21-17(23)16(18)12(3)22;;;/h4-9,11-12,16,22H,18H2,1-3H3,(H,21,23);3*1H/t11-,12-,16+;;;/m1.../s1. The molecule has 0 radical (unpaired) electrons. The first kappa shape index (κ1) is 26.8. The van der Waals surface area contributed by atoms with Crippen molar-refractivity contribution in [2.75, 3.05) is 0 Å². The van der Waals surface area contributed by atoms with Gasteiger partial charge in [0, 0.05) is 29.2 Å². The number of halogens is 3. The Morgan fingerprint density at radius 1 is 1.04 bits per heavy atom. The van der Waals surface area contributed by atoms with Crippen molar-refractivity contribution >= 4 is 43.1 Å². The Hall–Kier alpha value is -1.44. The van der Waals surface area contributed by atoms with Crippen molar-refractivity contribution in [3.8, 4) is 11.1 Å². The molecule has 146 valence electrons. The molecule has 2 heterocycles. The monoisotopic (exact) mass is 422 g/mol. The zero-order valence-electron chi connectivity index (χ0n) is 14.7. The van der Waals surface area contributed by atoms with E-state index in [1.165, 1.54) is 6.92 Å². The van der Waals surface area contributed by atoms with Gasteiger partial charge in [0.1, 0.15) is 6.04 Å². The van der Waals surface area contributed by atoms with Crippen molar-refractivity contribution in [2.24, 2.45) is 5.73 Å². The summed E-state index contributed by atoms with van der Waals surface area (Å²) in [6.45, 7) is 5.24. The highest BCUT2D eigenvalue weighted by molar-refractivity contribution is 5.86. The summed E-state index contributed by atoms with van der Waals surface area (Å²) in [5.41, 5.74) is 9.24. The molecule has 0 bridgehead atoms. The molecule has 0 saturated carbocycles. The lowest BCUT2D eigenvalue weighted by Gasteiger charge is -2.19. The Kier molecular flexibility index (Phi) is 12.4. The van der Waals surface area contributed by atoms with Crippen LogP contribution in [0.25, 0.3) is 11.1 Å². The van der Waals surface area contributed by atoms with Crippen LogP contribution in [-0.4, -0.2) is 33.1 Å². The predicted molar refractivity (Wildman–Crippen MR) is 110 cm³/mol. The lowest BCUT2D eigenvalue weighted by molar-refractivity contribution is -0.125. The Morgan fingerprint density at radius 2 is 1.58 bits per heavy atom. The van der Waals surface area contributed by atoms with Crippen LogP contribution in [0.3, 0.4) is 0 Å². The van der Waals surface area contributed by atoms with Gasteiger partial charge in [-0.2, -0.15) is 0 Å². The van der Waals surface area contributed by atoms with Crippen LogP contribution < -0.4 is 11.1 Å². The molecule has 0 spiro atoms. The van der Waals surface area contributed by atoms with E-state index in [0.717, 1.165) is 22.5 Å². The predicted octanol–water partition coefficient (Wildman–Crippen LogP) is 2.60. The number of nitrogens with two attached hydrogens (primary N) is 1. The fourth-order valence-corrected chi connectivity index (χ4v) is 2.07. The normalized spacial score (nSPS) is 13.1. The molecule has 9 heteroatoms. The number of carbonyl (C=O) groups is 1. The van der Waals surface area contributed by atoms with Gasteiger partial charge < -0.3 is 16.2 Å². The summed E-state index contributed by atoms with van der Waals surface area (Å²) in [5.74, 6) is -0.402. The Morgan fingerprint density at radius 3 is 2.00 bits per heavy atom. The Labute approximate surface area is 172 Å². The number of carbonyl (C=O) groups excluding carboxylic acids is 1. The summed E-state index contributed by atoms with van der Waals surface area (Å²) < 4.78 is 0. The summed E-state index contributed by atoms with van der Waals surface area (Å²) in [4.78, 5) is 20.5. The first-order chi connectivity index (χ1) is 10.9. The maximum atomic E-state index is 11.9. The molecular formula is C17H25Cl3N4O2. The van der Waals surface area contributed by atoms with E-state index in [2.05, 4.69) is 15.3 Å². The third kappa shape index (κ3) is 7.05. The molecule has 0 saturated heterocycles. The number of amides is 1. The van der Waals surface area contributed by atoms with E-state index >= 15 is 0 Å². The molecular weight excluding hydrogens is 399 g/mol. The van der Waals surface area contributed by atoms with Crippen molar-refractivity contribution in [2.45, 2.75) is 39.0 Å². The molecule has 0 fully saturated rings. The molecule has 0 aliphatic heterocycles.